The largest absolute Gasteiger partial charge is 0.497 e. The van der Waals surface area contributed by atoms with Gasteiger partial charge in [-0.05, 0) is 57.9 Å². The quantitative estimate of drug-likeness (QED) is 0.807. The summed E-state index contributed by atoms with van der Waals surface area (Å²) in [7, 11) is -2.19. The van der Waals surface area contributed by atoms with Crippen molar-refractivity contribution in [3.63, 3.8) is 0 Å². The maximum atomic E-state index is 12.6. The molecule has 1 N–H and O–H groups in total. The topological polar surface area (TPSA) is 81.7 Å². The maximum absolute atomic E-state index is 12.6. The van der Waals surface area contributed by atoms with E-state index in [-0.39, 0.29) is 10.9 Å². The molecule has 0 spiro atoms. The number of carbonyl (C=O) groups excluding carboxylic acids is 1. The minimum atomic E-state index is -3.71. The second-order valence-corrected chi connectivity index (χ2v) is 9.04. The summed E-state index contributed by atoms with van der Waals surface area (Å²) in [4.78, 5) is 12.6. The Balaban J connectivity index is 2.15. The van der Waals surface area contributed by atoms with Crippen molar-refractivity contribution in [2.45, 2.75) is 63.0 Å². The first-order valence-corrected chi connectivity index (χ1v) is 10.00. The van der Waals surface area contributed by atoms with Crippen molar-refractivity contribution in [2.24, 2.45) is 5.92 Å². The molecule has 140 valence electrons. The molecular formula is C18H27NO5S. The average Bonchev–Trinajstić information content (AvgIpc) is 2.53. The molecule has 0 unspecified atom stereocenters. The second-order valence-electron chi connectivity index (χ2n) is 7.33. The predicted molar refractivity (Wildman–Crippen MR) is 94.9 cm³/mol. The van der Waals surface area contributed by atoms with Gasteiger partial charge in [0.15, 0.2) is 0 Å². The third kappa shape index (κ3) is 5.44. The van der Waals surface area contributed by atoms with Crippen molar-refractivity contribution >= 4 is 16.0 Å². The zero-order valence-corrected chi connectivity index (χ0v) is 16.1. The number of esters is 1. The third-order valence-electron chi connectivity index (χ3n) is 4.15. The van der Waals surface area contributed by atoms with Gasteiger partial charge in [-0.2, -0.15) is 0 Å². The molecule has 0 amide bonds. The molecule has 1 saturated carbocycles. The molecule has 0 heterocycles. The number of nitrogens with one attached hydrogen (secondary N) is 1. The van der Waals surface area contributed by atoms with Crippen LogP contribution in [0.1, 0.15) is 46.5 Å². The van der Waals surface area contributed by atoms with Gasteiger partial charge in [0.25, 0.3) is 0 Å². The molecule has 7 heteroatoms. The van der Waals surface area contributed by atoms with Crippen LogP contribution < -0.4 is 9.46 Å². The first-order chi connectivity index (χ1) is 11.6. The second kappa shape index (κ2) is 7.74. The summed E-state index contributed by atoms with van der Waals surface area (Å²) in [6, 6.07) is 5.73. The molecule has 25 heavy (non-hydrogen) atoms. The summed E-state index contributed by atoms with van der Waals surface area (Å²) in [6.45, 7) is 5.43. The van der Waals surface area contributed by atoms with E-state index < -0.39 is 27.6 Å². The fourth-order valence-electron chi connectivity index (χ4n) is 2.95. The lowest BCUT2D eigenvalue weighted by molar-refractivity contribution is -0.161. The highest BCUT2D eigenvalue weighted by atomic mass is 32.2. The van der Waals surface area contributed by atoms with Gasteiger partial charge in [0.1, 0.15) is 11.4 Å². The minimum Gasteiger partial charge on any atom is -0.497 e. The van der Waals surface area contributed by atoms with Gasteiger partial charge in [0, 0.05) is 6.04 Å². The molecule has 1 aromatic carbocycles. The zero-order chi connectivity index (χ0) is 18.7. The summed E-state index contributed by atoms with van der Waals surface area (Å²) in [5.41, 5.74) is -0.589. The first-order valence-electron chi connectivity index (χ1n) is 8.51. The van der Waals surface area contributed by atoms with Gasteiger partial charge in [-0.3, -0.25) is 4.79 Å². The summed E-state index contributed by atoms with van der Waals surface area (Å²) in [6.07, 6.45) is 3.03. The monoisotopic (exact) mass is 369 g/mol. The van der Waals surface area contributed by atoms with Crippen LogP contribution in [-0.4, -0.2) is 33.1 Å². The van der Waals surface area contributed by atoms with Crippen LogP contribution in [0.25, 0.3) is 0 Å². The lowest BCUT2D eigenvalue weighted by Gasteiger charge is -2.32. The molecule has 2 atom stereocenters. The van der Waals surface area contributed by atoms with E-state index in [0.717, 1.165) is 12.8 Å². The summed E-state index contributed by atoms with van der Waals surface area (Å²) < 4.78 is 38.5. The Morgan fingerprint density at radius 3 is 2.28 bits per heavy atom. The van der Waals surface area contributed by atoms with Crippen LogP contribution in [0.4, 0.5) is 0 Å². The average molecular weight is 369 g/mol. The van der Waals surface area contributed by atoms with Crippen molar-refractivity contribution in [3.05, 3.63) is 24.3 Å². The molecule has 1 aliphatic carbocycles. The van der Waals surface area contributed by atoms with Gasteiger partial charge < -0.3 is 9.47 Å². The van der Waals surface area contributed by atoms with E-state index in [1.165, 1.54) is 19.2 Å². The molecule has 1 fully saturated rings. The van der Waals surface area contributed by atoms with E-state index in [1.807, 2.05) is 20.8 Å². The van der Waals surface area contributed by atoms with Crippen LogP contribution >= 0.6 is 0 Å². The Hall–Kier alpha value is -1.60. The van der Waals surface area contributed by atoms with Crippen molar-refractivity contribution < 1.29 is 22.7 Å². The molecule has 0 aliphatic heterocycles. The number of methoxy groups -OCH3 is 1. The lowest BCUT2D eigenvalue weighted by atomic mass is 9.85. The summed E-state index contributed by atoms with van der Waals surface area (Å²) in [5.74, 6) is -0.209. The summed E-state index contributed by atoms with van der Waals surface area (Å²) >= 11 is 0. The van der Waals surface area contributed by atoms with E-state index in [9.17, 15) is 13.2 Å². The Morgan fingerprint density at radius 1 is 1.12 bits per heavy atom. The van der Waals surface area contributed by atoms with E-state index in [4.69, 9.17) is 9.47 Å². The minimum absolute atomic E-state index is 0.154. The van der Waals surface area contributed by atoms with Crippen molar-refractivity contribution in [1.82, 2.24) is 4.72 Å². The van der Waals surface area contributed by atoms with Gasteiger partial charge in [0.05, 0.1) is 17.9 Å². The van der Waals surface area contributed by atoms with Gasteiger partial charge in [-0.25, -0.2) is 13.1 Å². The number of benzene rings is 1. The van der Waals surface area contributed by atoms with Gasteiger partial charge in [-0.15, -0.1) is 0 Å². The standard InChI is InChI=1S/C18H27NO5S/c1-18(2,3)24-17(20)15-7-5-6-8-16(15)19-25(21,22)14-11-9-13(23-4)10-12-14/h9-12,15-16,19H,5-8H2,1-4H3/t15-,16+/m1/s1. The summed E-state index contributed by atoms with van der Waals surface area (Å²) in [5, 5.41) is 0. The number of hydrogen-bond acceptors (Lipinski definition) is 5. The van der Waals surface area contributed by atoms with Crippen LogP contribution in [-0.2, 0) is 19.6 Å². The molecule has 0 radical (unpaired) electrons. The molecule has 1 aliphatic rings. The highest BCUT2D eigenvalue weighted by Gasteiger charge is 2.36. The smallest absolute Gasteiger partial charge is 0.311 e. The number of hydrogen-bond donors (Lipinski definition) is 1. The van der Waals surface area contributed by atoms with Crippen molar-refractivity contribution in [1.29, 1.82) is 0 Å². The molecule has 6 nitrogen and oxygen atoms in total. The highest BCUT2D eigenvalue weighted by molar-refractivity contribution is 7.89. The fraction of sp³-hybridized carbons (Fsp3) is 0.611. The fourth-order valence-corrected chi connectivity index (χ4v) is 4.26. The number of rotatable bonds is 5. The van der Waals surface area contributed by atoms with E-state index in [2.05, 4.69) is 4.72 Å². The molecule has 2 rings (SSSR count). The van der Waals surface area contributed by atoms with E-state index >= 15 is 0 Å². The molecule has 0 saturated heterocycles. The normalized spacial score (nSPS) is 21.6. The third-order valence-corrected chi connectivity index (χ3v) is 5.66. The number of ether oxygens (including phenoxy) is 2. The van der Waals surface area contributed by atoms with Crippen molar-refractivity contribution in [3.8, 4) is 5.75 Å². The van der Waals surface area contributed by atoms with E-state index in [1.54, 1.807) is 12.1 Å². The molecule has 1 aromatic rings. The van der Waals surface area contributed by atoms with E-state index in [0.29, 0.717) is 18.6 Å². The Bertz CT molecular complexity index is 691. The van der Waals surface area contributed by atoms with Crippen LogP contribution in [0, 0.1) is 5.92 Å². The van der Waals surface area contributed by atoms with Crippen molar-refractivity contribution in [2.75, 3.05) is 7.11 Å². The Morgan fingerprint density at radius 2 is 1.72 bits per heavy atom. The maximum Gasteiger partial charge on any atom is 0.311 e. The Kier molecular flexibility index (Phi) is 6.11. The molecular weight excluding hydrogens is 342 g/mol. The van der Waals surface area contributed by atoms with Gasteiger partial charge in [-0.1, -0.05) is 12.8 Å². The highest BCUT2D eigenvalue weighted by Crippen LogP contribution is 2.28. The number of carbonyl (C=O) groups is 1. The van der Waals surface area contributed by atoms with Crippen LogP contribution in [0.5, 0.6) is 5.75 Å². The first kappa shape index (κ1) is 19.7. The SMILES string of the molecule is COc1ccc(S(=O)(=O)N[C@H]2CCCC[C@H]2C(=O)OC(C)(C)C)cc1. The van der Waals surface area contributed by atoms with Crippen LogP contribution in [0.15, 0.2) is 29.2 Å². The molecule has 0 bridgehead atoms. The Labute approximate surface area is 150 Å². The predicted octanol–water partition coefficient (Wildman–Crippen LogP) is 2.87. The lowest BCUT2D eigenvalue weighted by Crippen LogP contribution is -2.46. The van der Waals surface area contributed by atoms with Crippen LogP contribution in [0.2, 0.25) is 0 Å². The molecule has 0 aromatic heterocycles. The van der Waals surface area contributed by atoms with Gasteiger partial charge in [0.2, 0.25) is 10.0 Å². The van der Waals surface area contributed by atoms with Gasteiger partial charge >= 0.3 is 5.97 Å². The number of sulfonamides is 1. The van der Waals surface area contributed by atoms with Crippen LogP contribution in [0.3, 0.4) is 0 Å². The zero-order valence-electron chi connectivity index (χ0n) is 15.2.